The predicted molar refractivity (Wildman–Crippen MR) is 116 cm³/mol. The molecule has 160 valence electrons. The molecule has 0 spiro atoms. The zero-order chi connectivity index (χ0) is 21.3. The third-order valence-electron chi connectivity index (χ3n) is 5.58. The molecule has 30 heavy (non-hydrogen) atoms. The van der Waals surface area contributed by atoms with E-state index in [1.54, 1.807) is 12.6 Å². The Hall–Kier alpha value is -3.06. The molecule has 7 heteroatoms. The molecule has 1 aliphatic rings. The largest absolute Gasteiger partial charge is 0.497 e. The smallest absolute Gasteiger partial charge is 0.321 e. The minimum absolute atomic E-state index is 0.0813. The van der Waals surface area contributed by atoms with E-state index in [9.17, 15) is 9.59 Å². The Kier molecular flexibility index (Phi) is 7.68. The van der Waals surface area contributed by atoms with Crippen molar-refractivity contribution in [3.05, 3.63) is 48.5 Å². The third-order valence-corrected chi connectivity index (χ3v) is 5.58. The molecule has 1 heterocycles. The molecule has 0 aromatic heterocycles. The van der Waals surface area contributed by atoms with Gasteiger partial charge in [0.1, 0.15) is 5.75 Å². The average Bonchev–Trinajstić information content (AvgIpc) is 2.80. The molecule has 3 N–H and O–H groups in total. The van der Waals surface area contributed by atoms with Crippen molar-refractivity contribution >= 4 is 17.6 Å². The molecule has 0 unspecified atom stereocenters. The molecule has 3 rings (SSSR count). The van der Waals surface area contributed by atoms with Crippen LogP contribution in [0, 0.1) is 5.92 Å². The van der Waals surface area contributed by atoms with Crippen molar-refractivity contribution in [1.82, 2.24) is 10.4 Å². The first-order valence-electron chi connectivity index (χ1n) is 10.3. The number of urea groups is 1. The molecule has 0 bridgehead atoms. The molecule has 2 aromatic rings. The second-order valence-electron chi connectivity index (χ2n) is 7.60. The van der Waals surface area contributed by atoms with Crippen molar-refractivity contribution in [2.75, 3.05) is 25.5 Å². The van der Waals surface area contributed by atoms with Crippen LogP contribution in [0.1, 0.15) is 32.1 Å². The predicted octanol–water partition coefficient (Wildman–Crippen LogP) is 4.28. The number of piperidine rings is 1. The molecule has 1 aliphatic heterocycles. The molecule has 0 aliphatic carbocycles. The Balaban J connectivity index is 1.46. The second kappa shape index (κ2) is 10.6. The maximum Gasteiger partial charge on any atom is 0.321 e. The number of amides is 3. The highest BCUT2D eigenvalue weighted by Crippen LogP contribution is 2.26. The highest BCUT2D eigenvalue weighted by molar-refractivity contribution is 5.89. The van der Waals surface area contributed by atoms with Crippen molar-refractivity contribution in [2.45, 2.75) is 32.1 Å². The van der Waals surface area contributed by atoms with Crippen LogP contribution in [0.25, 0.3) is 11.1 Å². The van der Waals surface area contributed by atoms with Crippen molar-refractivity contribution in [3.63, 3.8) is 0 Å². The number of carbonyl (C=O) groups is 2. The fourth-order valence-electron chi connectivity index (χ4n) is 3.78. The average molecular weight is 412 g/mol. The van der Waals surface area contributed by atoms with Gasteiger partial charge in [0.05, 0.1) is 7.11 Å². The fraction of sp³-hybridized carbons (Fsp3) is 0.391. The number of nitrogens with one attached hydrogen (secondary N) is 2. The standard InChI is InChI=1S/C23H29N3O4/c1-30-21-6-3-5-19(16-21)18-8-10-20(11-9-18)24-23(28)26-14-12-17(13-15-26)4-2-7-22(27)25-29/h3,5-6,8-11,16-17,29H,2,4,7,12-15H2,1H3,(H,24,28)(H,25,27). The highest BCUT2D eigenvalue weighted by atomic mass is 16.5. The molecule has 0 saturated carbocycles. The summed E-state index contributed by atoms with van der Waals surface area (Å²) in [5.74, 6) is 0.983. The van der Waals surface area contributed by atoms with Gasteiger partial charge < -0.3 is 15.0 Å². The van der Waals surface area contributed by atoms with E-state index in [-0.39, 0.29) is 11.9 Å². The summed E-state index contributed by atoms with van der Waals surface area (Å²) >= 11 is 0. The van der Waals surface area contributed by atoms with Crippen LogP contribution >= 0.6 is 0 Å². The van der Waals surface area contributed by atoms with E-state index >= 15 is 0 Å². The van der Waals surface area contributed by atoms with Crippen LogP contribution < -0.4 is 15.5 Å². The number of nitrogens with zero attached hydrogens (tertiary/aromatic N) is 1. The van der Waals surface area contributed by atoms with E-state index in [2.05, 4.69) is 5.32 Å². The van der Waals surface area contributed by atoms with Gasteiger partial charge in [0.25, 0.3) is 0 Å². The Labute approximate surface area is 177 Å². The van der Waals surface area contributed by atoms with Gasteiger partial charge in [0.15, 0.2) is 0 Å². The lowest BCUT2D eigenvalue weighted by Gasteiger charge is -2.32. The number of benzene rings is 2. The number of methoxy groups -OCH3 is 1. The Morgan fingerprint density at radius 1 is 1.10 bits per heavy atom. The maximum atomic E-state index is 12.6. The van der Waals surface area contributed by atoms with Crippen LogP contribution in [0.5, 0.6) is 5.75 Å². The van der Waals surface area contributed by atoms with Crippen LogP contribution in [-0.4, -0.2) is 42.2 Å². The van der Waals surface area contributed by atoms with E-state index in [1.165, 1.54) is 0 Å². The zero-order valence-corrected chi connectivity index (χ0v) is 17.3. The lowest BCUT2D eigenvalue weighted by Crippen LogP contribution is -2.41. The number of hydrogen-bond donors (Lipinski definition) is 3. The third kappa shape index (κ3) is 5.97. The molecule has 1 saturated heterocycles. The van der Waals surface area contributed by atoms with Crippen molar-refractivity contribution < 1.29 is 19.5 Å². The Bertz CT molecular complexity index is 846. The fourth-order valence-corrected chi connectivity index (χ4v) is 3.78. The lowest BCUT2D eigenvalue weighted by atomic mass is 9.91. The van der Waals surface area contributed by atoms with Gasteiger partial charge in [-0.2, -0.15) is 0 Å². The maximum absolute atomic E-state index is 12.6. The van der Waals surface area contributed by atoms with Gasteiger partial charge in [-0.25, -0.2) is 10.3 Å². The molecular formula is C23H29N3O4. The van der Waals surface area contributed by atoms with Crippen LogP contribution in [0.3, 0.4) is 0 Å². The number of rotatable bonds is 7. The Morgan fingerprint density at radius 3 is 2.50 bits per heavy atom. The van der Waals surface area contributed by atoms with Crippen LogP contribution in [0.2, 0.25) is 0 Å². The van der Waals surface area contributed by atoms with Crippen molar-refractivity contribution in [3.8, 4) is 16.9 Å². The van der Waals surface area contributed by atoms with Gasteiger partial charge in [-0.1, -0.05) is 24.3 Å². The number of ether oxygens (including phenoxy) is 1. The SMILES string of the molecule is COc1cccc(-c2ccc(NC(=O)N3CCC(CCCC(=O)NO)CC3)cc2)c1. The molecule has 1 fully saturated rings. The summed E-state index contributed by atoms with van der Waals surface area (Å²) in [6.07, 6.45) is 3.90. The summed E-state index contributed by atoms with van der Waals surface area (Å²) in [5, 5.41) is 11.5. The molecule has 0 atom stereocenters. The van der Waals surface area contributed by atoms with Gasteiger partial charge in [0, 0.05) is 25.2 Å². The number of anilines is 1. The molecule has 2 aromatic carbocycles. The first kappa shape index (κ1) is 21.6. The monoisotopic (exact) mass is 411 g/mol. The van der Waals surface area contributed by atoms with Gasteiger partial charge in [-0.05, 0) is 67.0 Å². The summed E-state index contributed by atoms with van der Waals surface area (Å²) in [7, 11) is 1.65. The number of likely N-dealkylation sites (tertiary alicyclic amines) is 1. The van der Waals surface area contributed by atoms with Crippen LogP contribution in [0.15, 0.2) is 48.5 Å². The minimum Gasteiger partial charge on any atom is -0.497 e. The summed E-state index contributed by atoms with van der Waals surface area (Å²) < 4.78 is 5.27. The van der Waals surface area contributed by atoms with Crippen LogP contribution in [0.4, 0.5) is 10.5 Å². The summed E-state index contributed by atoms with van der Waals surface area (Å²) in [4.78, 5) is 25.5. The van der Waals surface area contributed by atoms with Gasteiger partial charge in [-0.15, -0.1) is 0 Å². The lowest BCUT2D eigenvalue weighted by molar-refractivity contribution is -0.129. The quantitative estimate of drug-likeness (QED) is 0.468. The second-order valence-corrected chi connectivity index (χ2v) is 7.60. The van der Waals surface area contributed by atoms with Crippen molar-refractivity contribution in [2.24, 2.45) is 5.92 Å². The molecule has 0 radical (unpaired) electrons. The molecular weight excluding hydrogens is 382 g/mol. The summed E-state index contributed by atoms with van der Waals surface area (Å²) in [5.41, 5.74) is 4.55. The highest BCUT2D eigenvalue weighted by Gasteiger charge is 2.22. The summed E-state index contributed by atoms with van der Waals surface area (Å²) in [6, 6.07) is 15.6. The van der Waals surface area contributed by atoms with Gasteiger partial charge in [-0.3, -0.25) is 10.0 Å². The minimum atomic E-state index is -0.343. The first-order chi connectivity index (χ1) is 14.6. The zero-order valence-electron chi connectivity index (χ0n) is 17.3. The number of hydroxylamine groups is 1. The van der Waals surface area contributed by atoms with Gasteiger partial charge >= 0.3 is 6.03 Å². The van der Waals surface area contributed by atoms with Gasteiger partial charge in [0.2, 0.25) is 5.91 Å². The number of hydrogen-bond acceptors (Lipinski definition) is 4. The first-order valence-corrected chi connectivity index (χ1v) is 10.3. The molecule has 3 amide bonds. The van der Waals surface area contributed by atoms with E-state index in [4.69, 9.17) is 9.94 Å². The van der Waals surface area contributed by atoms with E-state index in [1.807, 2.05) is 53.4 Å². The normalized spacial score (nSPS) is 14.3. The van der Waals surface area contributed by atoms with Crippen molar-refractivity contribution in [1.29, 1.82) is 0 Å². The van der Waals surface area contributed by atoms with E-state index in [0.29, 0.717) is 25.4 Å². The van der Waals surface area contributed by atoms with E-state index < -0.39 is 0 Å². The van der Waals surface area contributed by atoms with Crippen LogP contribution in [-0.2, 0) is 4.79 Å². The Morgan fingerprint density at radius 2 is 1.83 bits per heavy atom. The molecule has 7 nitrogen and oxygen atoms in total. The number of carbonyl (C=O) groups excluding carboxylic acids is 2. The summed E-state index contributed by atoms with van der Waals surface area (Å²) in [6.45, 7) is 1.43. The topological polar surface area (TPSA) is 90.9 Å². The van der Waals surface area contributed by atoms with E-state index in [0.717, 1.165) is 48.2 Å².